The predicted octanol–water partition coefficient (Wildman–Crippen LogP) is 1.46. The standard InChI is InChI=1S/C10H17N3O2/c1-8(9-4-3-7-15-9)12-6-2-5-10(11)13-14/h3-4,7-8,12,14H,2,5-6H2,1H3,(H2,11,13)/t8-/m0/s1. The number of nitrogens with zero attached hydrogens (tertiary/aromatic N) is 1. The molecule has 1 rings (SSSR count). The second-order valence-electron chi connectivity index (χ2n) is 3.39. The van der Waals surface area contributed by atoms with Crippen molar-refractivity contribution < 1.29 is 9.62 Å². The van der Waals surface area contributed by atoms with Crippen LogP contribution in [0, 0.1) is 0 Å². The van der Waals surface area contributed by atoms with E-state index in [1.807, 2.05) is 19.1 Å². The minimum Gasteiger partial charge on any atom is -0.468 e. The zero-order chi connectivity index (χ0) is 11.1. The van der Waals surface area contributed by atoms with E-state index in [0.29, 0.717) is 6.42 Å². The average Bonchev–Trinajstić information content (AvgIpc) is 2.77. The summed E-state index contributed by atoms with van der Waals surface area (Å²) in [7, 11) is 0. The lowest BCUT2D eigenvalue weighted by molar-refractivity contribution is 0.316. The smallest absolute Gasteiger partial charge is 0.139 e. The van der Waals surface area contributed by atoms with Gasteiger partial charge in [0.25, 0.3) is 0 Å². The van der Waals surface area contributed by atoms with E-state index in [-0.39, 0.29) is 11.9 Å². The molecule has 1 aromatic rings. The van der Waals surface area contributed by atoms with Crippen molar-refractivity contribution >= 4 is 5.84 Å². The Morgan fingerprint density at radius 2 is 2.53 bits per heavy atom. The number of nitrogens with two attached hydrogens (primary N) is 1. The first-order chi connectivity index (χ1) is 7.24. The van der Waals surface area contributed by atoms with Crippen molar-refractivity contribution in [1.29, 1.82) is 0 Å². The Morgan fingerprint density at radius 3 is 3.13 bits per heavy atom. The van der Waals surface area contributed by atoms with Gasteiger partial charge in [-0.1, -0.05) is 5.16 Å². The lowest BCUT2D eigenvalue weighted by Gasteiger charge is -2.10. The SMILES string of the molecule is C[C@H](NCCC/C(N)=N/O)c1ccco1. The maximum absolute atomic E-state index is 8.32. The van der Waals surface area contributed by atoms with Gasteiger partial charge in [-0.05, 0) is 32.0 Å². The van der Waals surface area contributed by atoms with Gasteiger partial charge in [0.1, 0.15) is 11.6 Å². The molecule has 0 aromatic carbocycles. The Morgan fingerprint density at radius 1 is 1.73 bits per heavy atom. The molecular weight excluding hydrogens is 194 g/mol. The van der Waals surface area contributed by atoms with Crippen molar-refractivity contribution in [3.05, 3.63) is 24.2 Å². The van der Waals surface area contributed by atoms with Crippen LogP contribution in [0.5, 0.6) is 0 Å². The van der Waals surface area contributed by atoms with Crippen LogP contribution in [0.1, 0.15) is 31.6 Å². The van der Waals surface area contributed by atoms with Crippen LogP contribution >= 0.6 is 0 Å². The molecule has 0 spiro atoms. The molecule has 4 N–H and O–H groups in total. The fourth-order valence-corrected chi connectivity index (χ4v) is 1.28. The maximum Gasteiger partial charge on any atom is 0.139 e. The van der Waals surface area contributed by atoms with Gasteiger partial charge in [0.2, 0.25) is 0 Å². The van der Waals surface area contributed by atoms with E-state index in [4.69, 9.17) is 15.4 Å². The van der Waals surface area contributed by atoms with Crippen molar-refractivity contribution in [3.63, 3.8) is 0 Å². The third-order valence-corrected chi connectivity index (χ3v) is 2.16. The summed E-state index contributed by atoms with van der Waals surface area (Å²) < 4.78 is 5.24. The highest BCUT2D eigenvalue weighted by atomic mass is 16.4. The van der Waals surface area contributed by atoms with E-state index in [9.17, 15) is 0 Å². The summed E-state index contributed by atoms with van der Waals surface area (Å²) in [6.45, 7) is 2.83. The zero-order valence-electron chi connectivity index (χ0n) is 8.81. The summed E-state index contributed by atoms with van der Waals surface area (Å²) in [4.78, 5) is 0. The number of rotatable bonds is 6. The quantitative estimate of drug-likeness (QED) is 0.219. The molecule has 15 heavy (non-hydrogen) atoms. The van der Waals surface area contributed by atoms with Gasteiger partial charge in [0.15, 0.2) is 0 Å². The topological polar surface area (TPSA) is 83.8 Å². The summed E-state index contributed by atoms with van der Waals surface area (Å²) in [5.74, 6) is 1.18. The first-order valence-electron chi connectivity index (χ1n) is 4.97. The summed E-state index contributed by atoms with van der Waals surface area (Å²) in [5, 5.41) is 14.5. The van der Waals surface area contributed by atoms with Crippen molar-refractivity contribution in [2.75, 3.05) is 6.54 Å². The molecule has 0 unspecified atom stereocenters. The minimum absolute atomic E-state index is 0.187. The molecule has 84 valence electrons. The van der Waals surface area contributed by atoms with Crippen molar-refractivity contribution in [1.82, 2.24) is 5.32 Å². The van der Waals surface area contributed by atoms with Gasteiger partial charge in [-0.15, -0.1) is 0 Å². The first-order valence-corrected chi connectivity index (χ1v) is 4.97. The van der Waals surface area contributed by atoms with E-state index in [0.717, 1.165) is 18.7 Å². The molecule has 0 amide bonds. The molecule has 1 heterocycles. The monoisotopic (exact) mass is 211 g/mol. The van der Waals surface area contributed by atoms with Gasteiger partial charge in [-0.3, -0.25) is 0 Å². The average molecular weight is 211 g/mol. The normalized spacial score (nSPS) is 14.1. The second-order valence-corrected chi connectivity index (χ2v) is 3.39. The highest BCUT2D eigenvalue weighted by Gasteiger charge is 2.06. The molecule has 5 nitrogen and oxygen atoms in total. The van der Waals surface area contributed by atoms with Crippen LogP contribution < -0.4 is 11.1 Å². The number of furan rings is 1. The van der Waals surface area contributed by atoms with E-state index in [2.05, 4.69) is 10.5 Å². The Balaban J connectivity index is 2.15. The van der Waals surface area contributed by atoms with Gasteiger partial charge in [-0.25, -0.2) is 0 Å². The van der Waals surface area contributed by atoms with Crippen LogP contribution in [-0.2, 0) is 0 Å². The molecule has 0 radical (unpaired) electrons. The first kappa shape index (κ1) is 11.6. The highest BCUT2D eigenvalue weighted by Crippen LogP contribution is 2.11. The van der Waals surface area contributed by atoms with Crippen molar-refractivity contribution in [2.45, 2.75) is 25.8 Å². The van der Waals surface area contributed by atoms with Crippen LogP contribution in [0.15, 0.2) is 28.0 Å². The molecule has 0 bridgehead atoms. The number of amidine groups is 1. The molecular formula is C10H17N3O2. The number of nitrogens with one attached hydrogen (secondary N) is 1. The van der Waals surface area contributed by atoms with Crippen LogP contribution in [0.25, 0.3) is 0 Å². The third kappa shape index (κ3) is 4.03. The third-order valence-electron chi connectivity index (χ3n) is 2.16. The van der Waals surface area contributed by atoms with E-state index in [1.165, 1.54) is 0 Å². The Hall–Kier alpha value is -1.49. The van der Waals surface area contributed by atoms with E-state index >= 15 is 0 Å². The molecule has 0 fully saturated rings. The molecule has 1 atom stereocenters. The van der Waals surface area contributed by atoms with Gasteiger partial charge < -0.3 is 20.7 Å². The predicted molar refractivity (Wildman–Crippen MR) is 57.8 cm³/mol. The Labute approximate surface area is 88.9 Å². The summed E-state index contributed by atoms with van der Waals surface area (Å²) >= 11 is 0. The van der Waals surface area contributed by atoms with Crippen LogP contribution in [-0.4, -0.2) is 17.6 Å². The van der Waals surface area contributed by atoms with Crippen LogP contribution in [0.3, 0.4) is 0 Å². The second kappa shape index (κ2) is 6.08. The summed E-state index contributed by atoms with van der Waals surface area (Å²) in [6.07, 6.45) is 3.08. The molecule has 0 saturated carbocycles. The number of hydrogen-bond acceptors (Lipinski definition) is 4. The lowest BCUT2D eigenvalue weighted by atomic mass is 10.2. The molecule has 0 aliphatic rings. The summed E-state index contributed by atoms with van der Waals surface area (Å²) in [5.41, 5.74) is 5.34. The highest BCUT2D eigenvalue weighted by molar-refractivity contribution is 5.79. The fraction of sp³-hybridized carbons (Fsp3) is 0.500. The van der Waals surface area contributed by atoms with E-state index in [1.54, 1.807) is 6.26 Å². The largest absolute Gasteiger partial charge is 0.468 e. The minimum atomic E-state index is 0.187. The lowest BCUT2D eigenvalue weighted by Crippen LogP contribution is -2.21. The molecule has 0 aliphatic heterocycles. The molecule has 1 aromatic heterocycles. The van der Waals surface area contributed by atoms with Crippen LogP contribution in [0.2, 0.25) is 0 Å². The maximum atomic E-state index is 8.32. The number of hydrogen-bond donors (Lipinski definition) is 3. The molecule has 0 saturated heterocycles. The Bertz CT molecular complexity index is 296. The summed E-state index contributed by atoms with van der Waals surface area (Å²) in [6, 6.07) is 3.98. The van der Waals surface area contributed by atoms with Gasteiger partial charge >= 0.3 is 0 Å². The molecule has 5 heteroatoms. The van der Waals surface area contributed by atoms with E-state index < -0.39 is 0 Å². The molecule has 0 aliphatic carbocycles. The number of oxime groups is 1. The van der Waals surface area contributed by atoms with Gasteiger partial charge in [0, 0.05) is 6.42 Å². The van der Waals surface area contributed by atoms with Crippen molar-refractivity contribution in [3.8, 4) is 0 Å². The fourth-order valence-electron chi connectivity index (χ4n) is 1.28. The van der Waals surface area contributed by atoms with Crippen LogP contribution in [0.4, 0.5) is 0 Å². The van der Waals surface area contributed by atoms with Gasteiger partial charge in [-0.2, -0.15) is 0 Å². The van der Waals surface area contributed by atoms with Gasteiger partial charge in [0.05, 0.1) is 12.3 Å². The Kier molecular flexibility index (Phi) is 4.70. The zero-order valence-corrected chi connectivity index (χ0v) is 8.81. The van der Waals surface area contributed by atoms with Crippen molar-refractivity contribution in [2.24, 2.45) is 10.9 Å².